The summed E-state index contributed by atoms with van der Waals surface area (Å²) < 4.78 is 11.2. The lowest BCUT2D eigenvalue weighted by atomic mass is 10.0. The van der Waals surface area contributed by atoms with Crippen molar-refractivity contribution in [1.82, 2.24) is 0 Å². The van der Waals surface area contributed by atoms with Gasteiger partial charge in [-0.2, -0.15) is 0 Å². The summed E-state index contributed by atoms with van der Waals surface area (Å²) >= 11 is 0. The molecule has 184 valence electrons. The van der Waals surface area contributed by atoms with Gasteiger partial charge < -0.3 is 19.3 Å². The largest absolute Gasteiger partial charge is 0.446 e. The zero-order chi connectivity index (χ0) is 24.5. The average Bonchev–Trinajstić information content (AvgIpc) is 3.29. The molecule has 3 amide bonds. The van der Waals surface area contributed by atoms with Gasteiger partial charge in [-0.15, -0.1) is 0 Å². The van der Waals surface area contributed by atoms with Crippen LogP contribution >= 0.6 is 0 Å². The van der Waals surface area contributed by atoms with Crippen molar-refractivity contribution < 1.29 is 23.9 Å². The van der Waals surface area contributed by atoms with Crippen molar-refractivity contribution in [2.24, 2.45) is 0 Å². The molecule has 2 aromatic rings. The number of carbonyl (C=O) groups excluding carboxylic acids is 3. The molecule has 5 rings (SSSR count). The van der Waals surface area contributed by atoms with E-state index in [1.165, 1.54) is 0 Å². The van der Waals surface area contributed by atoms with Gasteiger partial charge in [0.15, 0.2) is 0 Å². The van der Waals surface area contributed by atoms with Gasteiger partial charge in [0.1, 0.15) is 6.10 Å². The smallest absolute Gasteiger partial charge is 0.414 e. The molecule has 3 aliphatic heterocycles. The van der Waals surface area contributed by atoms with Crippen molar-refractivity contribution >= 4 is 35.0 Å². The van der Waals surface area contributed by atoms with E-state index in [4.69, 9.17) is 9.47 Å². The average molecular weight is 478 g/mol. The molecule has 35 heavy (non-hydrogen) atoms. The Morgan fingerprint density at radius 3 is 2.37 bits per heavy atom. The van der Waals surface area contributed by atoms with E-state index in [2.05, 4.69) is 0 Å². The van der Waals surface area contributed by atoms with Crippen LogP contribution in [0.25, 0.3) is 11.1 Å². The zero-order valence-electron chi connectivity index (χ0n) is 20.2. The number of nitrogens with zero attached hydrogens (tertiary/aromatic N) is 3. The second-order valence-electron chi connectivity index (χ2n) is 9.44. The molecule has 2 saturated heterocycles. The number of benzene rings is 2. The van der Waals surface area contributed by atoms with Gasteiger partial charge in [0.05, 0.1) is 30.6 Å². The number of hydrogen-bond donors (Lipinski definition) is 0. The van der Waals surface area contributed by atoms with E-state index in [0.717, 1.165) is 29.8 Å². The molecule has 0 bridgehead atoms. The highest BCUT2D eigenvalue weighted by molar-refractivity contribution is 6.03. The summed E-state index contributed by atoms with van der Waals surface area (Å²) in [6.45, 7) is 5.76. The lowest BCUT2D eigenvalue weighted by Crippen LogP contribution is -2.52. The molecule has 0 saturated carbocycles. The van der Waals surface area contributed by atoms with Crippen LogP contribution in [0.4, 0.5) is 21.9 Å². The van der Waals surface area contributed by atoms with Crippen LogP contribution in [0.2, 0.25) is 0 Å². The van der Waals surface area contributed by atoms with Gasteiger partial charge in [0, 0.05) is 45.0 Å². The van der Waals surface area contributed by atoms with E-state index >= 15 is 0 Å². The topological polar surface area (TPSA) is 79.4 Å². The van der Waals surface area contributed by atoms with Gasteiger partial charge in [-0.1, -0.05) is 18.2 Å². The van der Waals surface area contributed by atoms with Crippen LogP contribution in [0.5, 0.6) is 0 Å². The van der Waals surface area contributed by atoms with E-state index in [-0.39, 0.29) is 24.0 Å². The van der Waals surface area contributed by atoms with E-state index < -0.39 is 6.09 Å². The lowest BCUT2D eigenvalue weighted by molar-refractivity contribution is -0.117. The Morgan fingerprint density at radius 1 is 1.00 bits per heavy atom. The predicted octanol–water partition coefficient (Wildman–Crippen LogP) is 4.36. The van der Waals surface area contributed by atoms with Crippen LogP contribution in [0.15, 0.2) is 42.5 Å². The van der Waals surface area contributed by atoms with Crippen LogP contribution in [0, 0.1) is 0 Å². The van der Waals surface area contributed by atoms with Crippen LogP contribution in [-0.4, -0.2) is 56.4 Å². The highest BCUT2D eigenvalue weighted by Gasteiger charge is 2.35. The first-order valence-electron chi connectivity index (χ1n) is 12.3. The number of anilines is 3. The molecule has 0 aliphatic carbocycles. The van der Waals surface area contributed by atoms with Crippen LogP contribution in [0.3, 0.4) is 0 Å². The van der Waals surface area contributed by atoms with Gasteiger partial charge in [-0.3, -0.25) is 14.5 Å². The Morgan fingerprint density at radius 2 is 1.71 bits per heavy atom. The number of fused-ring (bicyclic) bond motifs is 1. The summed E-state index contributed by atoms with van der Waals surface area (Å²) in [7, 11) is 0. The molecule has 0 spiro atoms. The third kappa shape index (κ3) is 4.62. The first-order valence-corrected chi connectivity index (χ1v) is 12.3. The first-order chi connectivity index (χ1) is 16.9. The van der Waals surface area contributed by atoms with Crippen molar-refractivity contribution in [3.8, 4) is 11.1 Å². The van der Waals surface area contributed by atoms with E-state index in [1.807, 2.05) is 54.3 Å². The number of hydrogen-bond acceptors (Lipinski definition) is 5. The van der Waals surface area contributed by atoms with Crippen LogP contribution in [0.1, 0.15) is 39.5 Å². The minimum Gasteiger partial charge on any atom is -0.446 e. The monoisotopic (exact) mass is 477 g/mol. The minimum atomic E-state index is -0.395. The maximum atomic E-state index is 13.2. The van der Waals surface area contributed by atoms with Gasteiger partial charge in [0.2, 0.25) is 11.8 Å². The summed E-state index contributed by atoms with van der Waals surface area (Å²) in [4.78, 5) is 43.0. The quantitative estimate of drug-likeness (QED) is 0.656. The highest BCUT2D eigenvalue weighted by atomic mass is 16.6. The van der Waals surface area contributed by atoms with Gasteiger partial charge in [-0.25, -0.2) is 4.79 Å². The lowest BCUT2D eigenvalue weighted by Gasteiger charge is -2.41. The molecule has 3 heterocycles. The van der Waals surface area contributed by atoms with Crippen molar-refractivity contribution in [3.05, 3.63) is 42.5 Å². The Hall–Kier alpha value is -3.39. The summed E-state index contributed by atoms with van der Waals surface area (Å²) in [6.07, 6.45) is 2.30. The van der Waals surface area contributed by atoms with E-state index in [0.29, 0.717) is 50.4 Å². The zero-order valence-corrected chi connectivity index (χ0v) is 20.2. The third-order valence-corrected chi connectivity index (χ3v) is 6.99. The number of ether oxygens (including phenoxy) is 2. The normalized spacial score (nSPS) is 20.7. The maximum absolute atomic E-state index is 13.2. The molecule has 1 atom stereocenters. The van der Waals surface area contributed by atoms with Gasteiger partial charge in [0.25, 0.3) is 0 Å². The molecule has 0 radical (unpaired) electrons. The fourth-order valence-electron chi connectivity index (χ4n) is 5.21. The number of carbonyl (C=O) groups is 3. The Bertz CT molecular complexity index is 1130. The molecule has 0 N–H and O–H groups in total. The van der Waals surface area contributed by atoms with Crippen molar-refractivity contribution in [2.75, 3.05) is 41.0 Å². The van der Waals surface area contributed by atoms with Gasteiger partial charge in [-0.05, 0) is 48.7 Å². The summed E-state index contributed by atoms with van der Waals surface area (Å²) in [5, 5.41) is 0. The fourth-order valence-corrected chi connectivity index (χ4v) is 5.21. The molecule has 3 aliphatic rings. The van der Waals surface area contributed by atoms with Crippen molar-refractivity contribution in [2.45, 2.75) is 51.7 Å². The Labute approximate surface area is 205 Å². The van der Waals surface area contributed by atoms with E-state index in [9.17, 15) is 14.4 Å². The molecular formula is C27H31N3O5. The predicted molar refractivity (Wildman–Crippen MR) is 134 cm³/mol. The van der Waals surface area contributed by atoms with E-state index in [1.54, 1.807) is 16.7 Å². The molecule has 2 fully saturated rings. The van der Waals surface area contributed by atoms with Crippen LogP contribution in [-0.2, 0) is 19.1 Å². The number of amides is 3. The number of rotatable bonds is 3. The second-order valence-corrected chi connectivity index (χ2v) is 9.44. The molecule has 0 aromatic heterocycles. The minimum absolute atomic E-state index is 0.0661. The maximum Gasteiger partial charge on any atom is 0.414 e. The molecule has 2 aromatic carbocycles. The fraction of sp³-hybridized carbons (Fsp3) is 0.444. The van der Waals surface area contributed by atoms with Gasteiger partial charge >= 0.3 is 6.09 Å². The Kier molecular flexibility index (Phi) is 6.47. The summed E-state index contributed by atoms with van der Waals surface area (Å²) in [6, 6.07) is 13.5. The summed E-state index contributed by atoms with van der Waals surface area (Å²) in [5.74, 6) is 0.0900. The third-order valence-electron chi connectivity index (χ3n) is 6.99. The van der Waals surface area contributed by atoms with Crippen molar-refractivity contribution in [1.29, 1.82) is 0 Å². The second kappa shape index (κ2) is 9.70. The molecular weight excluding hydrogens is 446 g/mol. The molecule has 1 unspecified atom stereocenters. The summed E-state index contributed by atoms with van der Waals surface area (Å²) in [5.41, 5.74) is 4.14. The highest BCUT2D eigenvalue weighted by Crippen LogP contribution is 2.39. The van der Waals surface area contributed by atoms with Crippen molar-refractivity contribution in [3.63, 3.8) is 0 Å². The Balaban J connectivity index is 1.46. The molecule has 8 heteroatoms. The van der Waals surface area contributed by atoms with Crippen LogP contribution < -0.4 is 14.7 Å². The standard InChI is InChI=1S/C27H31N3O5/c1-18-17-29(27(33)35-23-11-14-34-15-12-23)25-16-21(7-10-24(25)30(18)19(2)31)20-5-8-22(9-6-20)28-13-3-4-26(28)32/h5-10,16,18,23H,3-4,11-15,17H2,1-2H3. The SMILES string of the molecule is CC(=O)N1c2ccc(-c3ccc(N4CCCC4=O)cc3)cc2N(C(=O)OC2CCOCC2)CC1C. The first kappa shape index (κ1) is 23.4. The molecule has 8 nitrogen and oxygen atoms in total.